The van der Waals surface area contributed by atoms with E-state index in [4.69, 9.17) is 0 Å². The normalized spacial score (nSPS) is 20.9. The molecule has 204 valence electrons. The number of hydrogen-bond donors (Lipinski definition) is 2. The molecule has 2 aliphatic heterocycles. The summed E-state index contributed by atoms with van der Waals surface area (Å²) in [5, 5.41) is 11.7. The summed E-state index contributed by atoms with van der Waals surface area (Å²) in [5.41, 5.74) is -2.88. The minimum atomic E-state index is -4.92. The maximum Gasteiger partial charge on any atom is 0.416 e. The molecule has 37 heavy (non-hydrogen) atoms. The van der Waals surface area contributed by atoms with E-state index in [1.165, 1.54) is 19.0 Å². The molecule has 0 bridgehead atoms. The first-order chi connectivity index (χ1) is 17.2. The number of aliphatic hydroxyl groups excluding tert-OH is 1. The largest absolute Gasteiger partial charge is 0.416 e. The number of nitrogens with one attached hydrogen (secondary N) is 1. The van der Waals surface area contributed by atoms with Gasteiger partial charge in [0.1, 0.15) is 5.84 Å². The highest BCUT2D eigenvalue weighted by Crippen LogP contribution is 2.38. The maximum atomic E-state index is 13.5. The lowest BCUT2D eigenvalue weighted by Crippen LogP contribution is -2.36. The summed E-state index contributed by atoms with van der Waals surface area (Å²) >= 11 is 0.895. The van der Waals surface area contributed by atoms with Crippen LogP contribution in [0, 0.1) is 5.92 Å². The van der Waals surface area contributed by atoms with Crippen molar-refractivity contribution >= 4 is 28.7 Å². The summed E-state index contributed by atoms with van der Waals surface area (Å²) in [5.74, 6) is -0.301. The molecule has 1 atom stereocenters. The zero-order chi connectivity index (χ0) is 27.5. The van der Waals surface area contributed by atoms with Gasteiger partial charge in [-0.2, -0.15) is 26.3 Å². The topological polar surface area (TPSA) is 85.2 Å². The second kappa shape index (κ2) is 11.4. The Morgan fingerprint density at radius 1 is 1.22 bits per heavy atom. The third-order valence-corrected chi connectivity index (χ3v) is 6.83. The number of amidine groups is 1. The average molecular weight is 553 g/mol. The molecule has 2 amide bonds. The highest BCUT2D eigenvalue weighted by Gasteiger charge is 2.38. The molecular weight excluding hydrogens is 526 g/mol. The SMILES string of the molecule is CN(C)C(=O)[C@@H](CO)N=C1NC(=O)SC1=CC1CCN(Cc2ccc(C(F)(F)F)cc2C(F)(F)F)CC1. The van der Waals surface area contributed by atoms with Gasteiger partial charge in [0.2, 0.25) is 5.91 Å². The number of aliphatic imine (C=N–C) groups is 1. The van der Waals surface area contributed by atoms with Crippen molar-refractivity contribution < 1.29 is 41.0 Å². The molecule has 2 saturated heterocycles. The summed E-state index contributed by atoms with van der Waals surface area (Å²) in [4.78, 5) is 31.8. The Kier molecular flexibility index (Phi) is 8.96. The highest BCUT2D eigenvalue weighted by atomic mass is 32.2. The van der Waals surface area contributed by atoms with Crippen LogP contribution in [0.5, 0.6) is 0 Å². The Balaban J connectivity index is 1.70. The number of carbonyl (C=O) groups is 2. The number of benzene rings is 1. The number of amides is 2. The predicted octanol–water partition coefficient (Wildman–Crippen LogP) is 4.12. The van der Waals surface area contributed by atoms with Crippen LogP contribution in [0.1, 0.15) is 29.5 Å². The molecule has 3 rings (SSSR count). The zero-order valence-corrected chi connectivity index (χ0v) is 20.8. The van der Waals surface area contributed by atoms with E-state index >= 15 is 0 Å². The molecule has 2 fully saturated rings. The van der Waals surface area contributed by atoms with Crippen LogP contribution in [0.3, 0.4) is 0 Å². The van der Waals surface area contributed by atoms with Gasteiger partial charge in [-0.15, -0.1) is 0 Å². The molecule has 2 aliphatic rings. The zero-order valence-electron chi connectivity index (χ0n) is 20.0. The second-order valence-corrected chi connectivity index (χ2v) is 9.95. The quantitative estimate of drug-likeness (QED) is 0.519. The van der Waals surface area contributed by atoms with E-state index in [9.17, 15) is 41.0 Å². The summed E-state index contributed by atoms with van der Waals surface area (Å²) < 4.78 is 79.1. The third-order valence-electron chi connectivity index (χ3n) is 6.00. The molecule has 0 unspecified atom stereocenters. The highest BCUT2D eigenvalue weighted by molar-refractivity contribution is 8.18. The fraction of sp³-hybridized carbons (Fsp3) is 0.522. The van der Waals surface area contributed by atoms with Crippen LogP contribution in [-0.2, 0) is 23.7 Å². The molecule has 14 heteroatoms. The number of nitrogens with zero attached hydrogens (tertiary/aromatic N) is 3. The predicted molar refractivity (Wildman–Crippen MR) is 126 cm³/mol. The van der Waals surface area contributed by atoms with Gasteiger partial charge in [-0.1, -0.05) is 12.1 Å². The number of hydrogen-bond acceptors (Lipinski definition) is 6. The molecular formula is C23H26F6N4O3S. The number of likely N-dealkylation sites (tertiary alicyclic amines) is 1. The molecule has 0 aromatic heterocycles. The van der Waals surface area contributed by atoms with Gasteiger partial charge in [-0.25, -0.2) is 0 Å². The molecule has 0 radical (unpaired) electrons. The van der Waals surface area contributed by atoms with Crippen LogP contribution in [0.15, 0.2) is 34.2 Å². The molecule has 0 spiro atoms. The van der Waals surface area contributed by atoms with Crippen molar-refractivity contribution in [2.75, 3.05) is 33.8 Å². The van der Waals surface area contributed by atoms with Crippen molar-refractivity contribution in [3.63, 3.8) is 0 Å². The first-order valence-corrected chi connectivity index (χ1v) is 12.1. The molecule has 7 nitrogen and oxygen atoms in total. The van der Waals surface area contributed by atoms with E-state index < -0.39 is 47.3 Å². The van der Waals surface area contributed by atoms with Crippen LogP contribution in [0.2, 0.25) is 0 Å². The number of halogens is 6. The maximum absolute atomic E-state index is 13.5. The monoisotopic (exact) mass is 552 g/mol. The minimum Gasteiger partial charge on any atom is -0.394 e. The molecule has 2 N–H and O–H groups in total. The molecule has 1 aromatic carbocycles. The van der Waals surface area contributed by atoms with E-state index in [1.54, 1.807) is 4.90 Å². The number of carbonyl (C=O) groups excluding carboxylic acids is 2. The Labute approximate surface area is 213 Å². The third kappa shape index (κ3) is 7.48. The first kappa shape index (κ1) is 29.0. The molecule has 1 aromatic rings. The van der Waals surface area contributed by atoms with E-state index in [0.717, 1.165) is 17.8 Å². The first-order valence-electron chi connectivity index (χ1n) is 11.3. The fourth-order valence-electron chi connectivity index (χ4n) is 4.06. The van der Waals surface area contributed by atoms with Crippen LogP contribution in [-0.4, -0.2) is 71.7 Å². The van der Waals surface area contributed by atoms with Gasteiger partial charge < -0.3 is 15.3 Å². The summed E-state index contributed by atoms with van der Waals surface area (Å²) in [6, 6.07) is 0.599. The van der Waals surface area contributed by atoms with Gasteiger partial charge >= 0.3 is 12.4 Å². The van der Waals surface area contributed by atoms with Crippen molar-refractivity contribution in [3.05, 3.63) is 45.9 Å². The van der Waals surface area contributed by atoms with Gasteiger partial charge in [0.25, 0.3) is 5.24 Å². The number of thioether (sulfide) groups is 1. The van der Waals surface area contributed by atoms with Crippen molar-refractivity contribution in [1.82, 2.24) is 15.1 Å². The number of alkyl halides is 6. The van der Waals surface area contributed by atoms with E-state index in [1.807, 2.05) is 6.08 Å². The van der Waals surface area contributed by atoms with Crippen LogP contribution < -0.4 is 5.32 Å². The smallest absolute Gasteiger partial charge is 0.394 e. The van der Waals surface area contributed by atoms with Crippen molar-refractivity contribution in [1.29, 1.82) is 0 Å². The number of allylic oxidation sites excluding steroid dienone is 1. The lowest BCUT2D eigenvalue weighted by atomic mass is 9.95. The average Bonchev–Trinajstić information content (AvgIpc) is 3.15. The Morgan fingerprint density at radius 2 is 1.86 bits per heavy atom. The van der Waals surface area contributed by atoms with Crippen molar-refractivity contribution in [2.45, 2.75) is 37.8 Å². The van der Waals surface area contributed by atoms with Crippen molar-refractivity contribution in [2.24, 2.45) is 10.9 Å². The summed E-state index contributed by atoms with van der Waals surface area (Å²) in [7, 11) is 3.03. The Bertz CT molecular complexity index is 1080. The Morgan fingerprint density at radius 3 is 2.41 bits per heavy atom. The second-order valence-electron chi connectivity index (χ2n) is 8.94. The lowest BCUT2D eigenvalue weighted by Gasteiger charge is -2.31. The lowest BCUT2D eigenvalue weighted by molar-refractivity contribution is -0.143. The minimum absolute atomic E-state index is 0.0385. The van der Waals surface area contributed by atoms with Crippen LogP contribution in [0.4, 0.5) is 31.1 Å². The van der Waals surface area contributed by atoms with Crippen LogP contribution in [0.25, 0.3) is 0 Å². The summed E-state index contributed by atoms with van der Waals surface area (Å²) in [6.07, 6.45) is -6.92. The van der Waals surface area contributed by atoms with Gasteiger partial charge in [0, 0.05) is 20.6 Å². The Hall–Kier alpha value is -2.58. The van der Waals surface area contributed by atoms with Crippen LogP contribution >= 0.6 is 11.8 Å². The van der Waals surface area contributed by atoms with Gasteiger partial charge in [-0.05, 0) is 61.3 Å². The number of likely N-dealkylation sites (N-methyl/N-ethyl adjacent to an activating group) is 1. The number of piperidine rings is 1. The fourth-order valence-corrected chi connectivity index (χ4v) is 4.86. The van der Waals surface area contributed by atoms with Crippen molar-refractivity contribution in [3.8, 4) is 0 Å². The molecule has 0 aliphatic carbocycles. The van der Waals surface area contributed by atoms with Gasteiger partial charge in [0.05, 0.1) is 22.6 Å². The van der Waals surface area contributed by atoms with Gasteiger partial charge in [0.15, 0.2) is 6.04 Å². The van der Waals surface area contributed by atoms with E-state index in [-0.39, 0.29) is 29.9 Å². The van der Waals surface area contributed by atoms with E-state index in [2.05, 4.69) is 10.3 Å². The summed E-state index contributed by atoms with van der Waals surface area (Å²) in [6.45, 7) is 0.0898. The number of rotatable bonds is 6. The molecule has 0 saturated carbocycles. The van der Waals surface area contributed by atoms with Gasteiger partial charge in [-0.3, -0.25) is 19.5 Å². The standard InChI is InChI=1S/C23H26F6N4O3S/c1-32(2)20(35)17(12-34)30-19-18(37-21(36)31-19)9-13-5-7-33(8-6-13)11-14-3-4-15(22(24,25)26)10-16(14)23(27,28)29/h3-4,9-10,13,17,34H,5-8,11-12H2,1-2H3,(H,30,31,36)/t17-/m1/s1. The molecule has 2 heterocycles. The van der Waals surface area contributed by atoms with E-state index in [0.29, 0.717) is 36.9 Å². The number of aliphatic hydroxyl groups is 1.